The second-order valence-corrected chi connectivity index (χ2v) is 4.83. The molecule has 1 aromatic carbocycles. The Morgan fingerprint density at radius 2 is 2.00 bits per heavy atom. The second kappa shape index (κ2) is 9.10. The first-order chi connectivity index (χ1) is 9.80. The molecular formula is C15H25ClN2O3. The van der Waals surface area contributed by atoms with Crippen LogP contribution in [0.5, 0.6) is 11.5 Å². The van der Waals surface area contributed by atoms with Gasteiger partial charge in [-0.25, -0.2) is 0 Å². The number of nitrogens with zero attached hydrogens (tertiary/aromatic N) is 1. The Bertz CT molecular complexity index is 425. The average Bonchev–Trinajstić information content (AvgIpc) is 2.50. The fourth-order valence-electron chi connectivity index (χ4n) is 2.59. The van der Waals surface area contributed by atoms with Gasteiger partial charge in [0.2, 0.25) is 0 Å². The first kappa shape index (κ1) is 18.0. The molecule has 0 saturated carbocycles. The van der Waals surface area contributed by atoms with E-state index in [-0.39, 0.29) is 25.1 Å². The van der Waals surface area contributed by atoms with Crippen LogP contribution in [0.4, 0.5) is 0 Å². The molecule has 6 heteroatoms. The number of aliphatic hydroxyl groups excluding tert-OH is 1. The quantitative estimate of drug-likeness (QED) is 0.832. The van der Waals surface area contributed by atoms with Gasteiger partial charge in [-0.3, -0.25) is 4.90 Å². The average molecular weight is 317 g/mol. The molecular weight excluding hydrogens is 292 g/mol. The number of ether oxygens (including phenoxy) is 2. The number of hydrogen-bond donors (Lipinski definition) is 2. The molecule has 0 aromatic heterocycles. The summed E-state index contributed by atoms with van der Waals surface area (Å²) in [6, 6.07) is 5.91. The lowest BCUT2D eigenvalue weighted by molar-refractivity contribution is 0.110. The third kappa shape index (κ3) is 4.48. The van der Waals surface area contributed by atoms with E-state index in [9.17, 15) is 5.11 Å². The molecule has 0 radical (unpaired) electrons. The molecule has 1 saturated heterocycles. The molecule has 120 valence electrons. The van der Waals surface area contributed by atoms with Crippen LogP contribution in [0.3, 0.4) is 0 Å². The summed E-state index contributed by atoms with van der Waals surface area (Å²) in [5, 5.41) is 13.1. The van der Waals surface area contributed by atoms with Crippen LogP contribution in [-0.4, -0.2) is 56.5 Å². The van der Waals surface area contributed by atoms with Crippen molar-refractivity contribution in [3.8, 4) is 11.5 Å². The highest BCUT2D eigenvalue weighted by Crippen LogP contribution is 2.32. The molecule has 2 rings (SSSR count). The first-order valence-electron chi connectivity index (χ1n) is 7.16. The van der Waals surface area contributed by atoms with Crippen molar-refractivity contribution in [2.75, 3.05) is 46.5 Å². The van der Waals surface area contributed by atoms with Gasteiger partial charge in [-0.1, -0.05) is 6.07 Å². The zero-order valence-electron chi connectivity index (χ0n) is 12.7. The number of halogens is 1. The number of methoxy groups -OCH3 is 1. The Morgan fingerprint density at radius 1 is 1.29 bits per heavy atom. The summed E-state index contributed by atoms with van der Waals surface area (Å²) >= 11 is 0. The van der Waals surface area contributed by atoms with Crippen molar-refractivity contribution in [1.82, 2.24) is 10.2 Å². The lowest BCUT2D eigenvalue weighted by Crippen LogP contribution is -2.46. The van der Waals surface area contributed by atoms with E-state index >= 15 is 0 Å². The van der Waals surface area contributed by atoms with Gasteiger partial charge in [0.05, 0.1) is 26.4 Å². The number of benzene rings is 1. The van der Waals surface area contributed by atoms with Gasteiger partial charge in [0.15, 0.2) is 11.5 Å². The van der Waals surface area contributed by atoms with Crippen LogP contribution in [0, 0.1) is 0 Å². The van der Waals surface area contributed by atoms with Crippen LogP contribution in [-0.2, 0) is 0 Å². The van der Waals surface area contributed by atoms with E-state index in [1.807, 2.05) is 25.1 Å². The second-order valence-electron chi connectivity index (χ2n) is 4.83. The molecule has 0 aliphatic carbocycles. The molecule has 1 aromatic rings. The normalized spacial score (nSPS) is 16.9. The van der Waals surface area contributed by atoms with Crippen LogP contribution in [0.1, 0.15) is 18.5 Å². The monoisotopic (exact) mass is 316 g/mol. The van der Waals surface area contributed by atoms with Gasteiger partial charge in [0.1, 0.15) is 0 Å². The molecule has 1 fully saturated rings. The number of nitrogens with one attached hydrogen (secondary N) is 1. The molecule has 0 spiro atoms. The maximum atomic E-state index is 9.73. The highest BCUT2D eigenvalue weighted by atomic mass is 35.5. The van der Waals surface area contributed by atoms with Crippen LogP contribution < -0.4 is 14.8 Å². The lowest BCUT2D eigenvalue weighted by Gasteiger charge is -2.34. The van der Waals surface area contributed by atoms with E-state index in [4.69, 9.17) is 9.47 Å². The van der Waals surface area contributed by atoms with Crippen molar-refractivity contribution in [2.45, 2.75) is 13.0 Å². The van der Waals surface area contributed by atoms with Crippen molar-refractivity contribution in [3.05, 3.63) is 23.8 Å². The predicted molar refractivity (Wildman–Crippen MR) is 85.7 cm³/mol. The third-order valence-corrected chi connectivity index (χ3v) is 3.64. The summed E-state index contributed by atoms with van der Waals surface area (Å²) in [7, 11) is 1.64. The van der Waals surface area contributed by atoms with Gasteiger partial charge in [0, 0.05) is 26.2 Å². The fraction of sp³-hybridized carbons (Fsp3) is 0.600. The van der Waals surface area contributed by atoms with E-state index in [0.29, 0.717) is 6.61 Å². The zero-order chi connectivity index (χ0) is 14.4. The predicted octanol–water partition coefficient (Wildman–Crippen LogP) is 1.45. The van der Waals surface area contributed by atoms with Gasteiger partial charge in [0.25, 0.3) is 0 Å². The summed E-state index contributed by atoms with van der Waals surface area (Å²) in [5.41, 5.74) is 1.06. The number of rotatable bonds is 6. The Hall–Kier alpha value is -1.01. The molecule has 1 aliphatic rings. The van der Waals surface area contributed by atoms with E-state index in [1.165, 1.54) is 0 Å². The van der Waals surface area contributed by atoms with E-state index in [2.05, 4.69) is 10.2 Å². The van der Waals surface area contributed by atoms with Gasteiger partial charge < -0.3 is 19.9 Å². The number of piperazine rings is 1. The fourth-order valence-corrected chi connectivity index (χ4v) is 2.59. The van der Waals surface area contributed by atoms with Gasteiger partial charge in [-0.15, -0.1) is 12.4 Å². The minimum absolute atomic E-state index is 0. The van der Waals surface area contributed by atoms with Crippen molar-refractivity contribution < 1.29 is 14.6 Å². The molecule has 2 N–H and O–H groups in total. The molecule has 0 unspecified atom stereocenters. The van der Waals surface area contributed by atoms with Crippen LogP contribution in [0.15, 0.2) is 18.2 Å². The van der Waals surface area contributed by atoms with Crippen LogP contribution in [0.25, 0.3) is 0 Å². The summed E-state index contributed by atoms with van der Waals surface area (Å²) in [5.74, 6) is 1.47. The highest BCUT2D eigenvalue weighted by Gasteiger charge is 2.22. The van der Waals surface area contributed by atoms with Crippen LogP contribution in [0.2, 0.25) is 0 Å². The minimum Gasteiger partial charge on any atom is -0.493 e. The minimum atomic E-state index is 0. The maximum Gasteiger partial charge on any atom is 0.161 e. The third-order valence-electron chi connectivity index (χ3n) is 3.64. The molecule has 1 heterocycles. The van der Waals surface area contributed by atoms with Gasteiger partial charge >= 0.3 is 0 Å². The van der Waals surface area contributed by atoms with Crippen molar-refractivity contribution in [3.63, 3.8) is 0 Å². The van der Waals surface area contributed by atoms with Gasteiger partial charge in [-0.05, 0) is 24.6 Å². The van der Waals surface area contributed by atoms with Gasteiger partial charge in [-0.2, -0.15) is 0 Å². The highest BCUT2D eigenvalue weighted by molar-refractivity contribution is 5.85. The number of hydrogen-bond acceptors (Lipinski definition) is 5. The van der Waals surface area contributed by atoms with E-state index in [1.54, 1.807) is 7.11 Å². The van der Waals surface area contributed by atoms with Crippen molar-refractivity contribution >= 4 is 12.4 Å². The van der Waals surface area contributed by atoms with Crippen molar-refractivity contribution in [1.29, 1.82) is 0 Å². The SMILES string of the molecule is CCOc1ccc([C@H](CO)N2CCNCC2)cc1OC.Cl. The summed E-state index contributed by atoms with van der Waals surface area (Å²) in [4.78, 5) is 2.30. The lowest BCUT2D eigenvalue weighted by atomic mass is 10.0. The maximum absolute atomic E-state index is 9.73. The topological polar surface area (TPSA) is 54.0 Å². The molecule has 1 aliphatic heterocycles. The zero-order valence-corrected chi connectivity index (χ0v) is 13.5. The standard InChI is InChI=1S/C15H24N2O3.ClH/c1-3-20-14-5-4-12(10-15(14)19-2)13(11-18)17-8-6-16-7-9-17;/h4-5,10,13,16,18H,3,6-9,11H2,1-2H3;1H/t13-;/m0./s1. The largest absolute Gasteiger partial charge is 0.493 e. The first-order valence-corrected chi connectivity index (χ1v) is 7.16. The Balaban J connectivity index is 0.00000220. The molecule has 5 nitrogen and oxygen atoms in total. The Labute approximate surface area is 132 Å². The van der Waals surface area contributed by atoms with E-state index < -0.39 is 0 Å². The summed E-state index contributed by atoms with van der Waals surface area (Å²) in [6.07, 6.45) is 0. The summed E-state index contributed by atoms with van der Waals surface area (Å²) in [6.45, 7) is 6.48. The Kier molecular flexibility index (Phi) is 7.82. The Morgan fingerprint density at radius 3 is 2.57 bits per heavy atom. The molecule has 1 atom stereocenters. The van der Waals surface area contributed by atoms with Crippen LogP contribution >= 0.6 is 12.4 Å². The molecule has 0 bridgehead atoms. The molecule has 0 amide bonds. The van der Waals surface area contributed by atoms with E-state index in [0.717, 1.165) is 43.2 Å². The number of aliphatic hydroxyl groups is 1. The smallest absolute Gasteiger partial charge is 0.161 e. The summed E-state index contributed by atoms with van der Waals surface area (Å²) < 4.78 is 10.9. The van der Waals surface area contributed by atoms with Crippen molar-refractivity contribution in [2.24, 2.45) is 0 Å². The molecule has 21 heavy (non-hydrogen) atoms.